The summed E-state index contributed by atoms with van der Waals surface area (Å²) in [6.07, 6.45) is 45.4. The van der Waals surface area contributed by atoms with Crippen molar-refractivity contribution < 1.29 is 24.2 Å². The van der Waals surface area contributed by atoms with E-state index in [1.165, 1.54) is 57.8 Å². The third kappa shape index (κ3) is 32.3. The molecule has 0 saturated heterocycles. The van der Waals surface area contributed by atoms with E-state index in [1.807, 2.05) is 12.2 Å². The lowest BCUT2D eigenvalue weighted by molar-refractivity contribution is -0.161. The number of hydrogen-bond donors (Lipinski definition) is 1. The number of allylic oxidation sites excluding steroid dienone is 12. The highest BCUT2D eigenvalue weighted by atomic mass is 16.6. The van der Waals surface area contributed by atoms with E-state index in [1.54, 1.807) is 0 Å². The van der Waals surface area contributed by atoms with E-state index in [2.05, 4.69) is 74.6 Å². The second kappa shape index (κ2) is 34.8. The molecular formula is C39H64O5. The average Bonchev–Trinajstić information content (AvgIpc) is 3.02. The van der Waals surface area contributed by atoms with Crippen molar-refractivity contribution in [1.29, 1.82) is 0 Å². The van der Waals surface area contributed by atoms with Gasteiger partial charge in [-0.25, -0.2) is 0 Å². The molecule has 0 rings (SSSR count). The van der Waals surface area contributed by atoms with Crippen LogP contribution in [0.1, 0.15) is 142 Å². The standard InChI is InChI=1S/C39H64O5/c1-3-5-7-9-11-13-15-16-17-18-19-20-21-22-24-25-27-29-31-33-38(41)43-36-37(35-40)44-39(42)34-32-30-28-26-23-14-12-10-8-6-4-2/h10-13,16-17,19-20,22,24,27,29,37,40H,3-9,14-15,18,21,23,25-26,28,30-36H2,1-2H3. The van der Waals surface area contributed by atoms with Gasteiger partial charge in [0.05, 0.1) is 6.61 Å². The summed E-state index contributed by atoms with van der Waals surface area (Å²) >= 11 is 0. The minimum absolute atomic E-state index is 0.112. The molecule has 0 saturated carbocycles. The number of aliphatic hydroxyl groups excluding tert-OH is 1. The van der Waals surface area contributed by atoms with Gasteiger partial charge < -0.3 is 14.6 Å². The van der Waals surface area contributed by atoms with Gasteiger partial charge in [-0.3, -0.25) is 9.59 Å². The van der Waals surface area contributed by atoms with E-state index in [9.17, 15) is 14.7 Å². The van der Waals surface area contributed by atoms with Crippen LogP contribution < -0.4 is 0 Å². The summed E-state index contributed by atoms with van der Waals surface area (Å²) in [5, 5.41) is 9.49. The molecule has 0 bridgehead atoms. The topological polar surface area (TPSA) is 72.8 Å². The number of carbonyl (C=O) groups excluding carboxylic acids is 2. The van der Waals surface area contributed by atoms with Crippen LogP contribution in [-0.4, -0.2) is 36.4 Å². The van der Waals surface area contributed by atoms with Gasteiger partial charge in [0.2, 0.25) is 0 Å². The van der Waals surface area contributed by atoms with Crippen LogP contribution in [0.5, 0.6) is 0 Å². The Kier molecular flexibility index (Phi) is 32.7. The lowest BCUT2D eigenvalue weighted by Crippen LogP contribution is -2.28. The molecule has 0 aromatic rings. The summed E-state index contributed by atoms with van der Waals surface area (Å²) in [5.74, 6) is -0.708. The van der Waals surface area contributed by atoms with Gasteiger partial charge in [-0.15, -0.1) is 0 Å². The highest BCUT2D eigenvalue weighted by Crippen LogP contribution is 2.10. The maximum absolute atomic E-state index is 12.1. The van der Waals surface area contributed by atoms with Crippen LogP contribution in [0.15, 0.2) is 72.9 Å². The third-order valence-corrected chi connectivity index (χ3v) is 6.99. The second-order valence-electron chi connectivity index (χ2n) is 11.2. The molecule has 1 atom stereocenters. The predicted octanol–water partition coefficient (Wildman–Crippen LogP) is 10.6. The summed E-state index contributed by atoms with van der Waals surface area (Å²) in [6, 6.07) is 0. The molecule has 44 heavy (non-hydrogen) atoms. The van der Waals surface area contributed by atoms with E-state index in [0.29, 0.717) is 12.8 Å². The zero-order valence-corrected chi connectivity index (χ0v) is 28.1. The molecule has 0 aliphatic rings. The predicted molar refractivity (Wildman–Crippen MR) is 186 cm³/mol. The molecule has 0 spiro atoms. The van der Waals surface area contributed by atoms with Crippen molar-refractivity contribution in [3.8, 4) is 0 Å². The molecule has 5 heteroatoms. The Balaban J connectivity index is 3.76. The van der Waals surface area contributed by atoms with Crippen LogP contribution in [0.25, 0.3) is 0 Å². The van der Waals surface area contributed by atoms with Crippen LogP contribution in [-0.2, 0) is 19.1 Å². The Hall–Kier alpha value is -2.66. The van der Waals surface area contributed by atoms with Crippen molar-refractivity contribution in [2.75, 3.05) is 13.2 Å². The molecule has 0 amide bonds. The zero-order chi connectivity index (χ0) is 32.2. The number of hydrogen-bond acceptors (Lipinski definition) is 5. The number of rotatable bonds is 30. The van der Waals surface area contributed by atoms with Gasteiger partial charge in [0.25, 0.3) is 0 Å². The fourth-order valence-electron chi connectivity index (χ4n) is 4.28. The van der Waals surface area contributed by atoms with Crippen LogP contribution >= 0.6 is 0 Å². The summed E-state index contributed by atoms with van der Waals surface area (Å²) < 4.78 is 10.5. The normalized spacial score (nSPS) is 13.1. The summed E-state index contributed by atoms with van der Waals surface area (Å²) in [5.41, 5.74) is 0. The molecule has 0 aromatic heterocycles. The van der Waals surface area contributed by atoms with Gasteiger partial charge in [0, 0.05) is 12.8 Å². The number of carbonyl (C=O) groups is 2. The number of esters is 2. The van der Waals surface area contributed by atoms with Crippen LogP contribution in [0.3, 0.4) is 0 Å². The maximum Gasteiger partial charge on any atom is 0.306 e. The Morgan fingerprint density at radius 2 is 0.977 bits per heavy atom. The first kappa shape index (κ1) is 41.3. The fraction of sp³-hybridized carbons (Fsp3) is 0.641. The monoisotopic (exact) mass is 612 g/mol. The van der Waals surface area contributed by atoms with Gasteiger partial charge >= 0.3 is 11.9 Å². The summed E-state index contributed by atoms with van der Waals surface area (Å²) in [6.45, 7) is 3.97. The Morgan fingerprint density at radius 1 is 0.523 bits per heavy atom. The van der Waals surface area contributed by atoms with Crippen LogP contribution in [0, 0.1) is 0 Å². The smallest absolute Gasteiger partial charge is 0.306 e. The number of ether oxygens (including phenoxy) is 2. The molecule has 0 aromatic carbocycles. The zero-order valence-electron chi connectivity index (χ0n) is 28.1. The Labute approximate surface area is 270 Å². The van der Waals surface area contributed by atoms with Crippen molar-refractivity contribution in [2.45, 2.75) is 148 Å². The molecule has 0 fully saturated rings. The molecule has 250 valence electrons. The number of aliphatic hydroxyl groups is 1. The average molecular weight is 613 g/mol. The molecule has 5 nitrogen and oxygen atoms in total. The van der Waals surface area contributed by atoms with Crippen LogP contribution in [0.2, 0.25) is 0 Å². The first-order chi connectivity index (χ1) is 21.6. The van der Waals surface area contributed by atoms with E-state index in [0.717, 1.165) is 51.4 Å². The number of unbranched alkanes of at least 4 members (excludes halogenated alkanes) is 10. The lowest BCUT2D eigenvalue weighted by Gasteiger charge is -2.15. The van der Waals surface area contributed by atoms with Crippen molar-refractivity contribution in [3.05, 3.63) is 72.9 Å². The quantitative estimate of drug-likeness (QED) is 0.0496. The van der Waals surface area contributed by atoms with Gasteiger partial charge in [-0.2, -0.15) is 0 Å². The maximum atomic E-state index is 12.1. The second-order valence-corrected chi connectivity index (χ2v) is 11.2. The van der Waals surface area contributed by atoms with E-state index < -0.39 is 6.10 Å². The largest absolute Gasteiger partial charge is 0.462 e. The lowest BCUT2D eigenvalue weighted by atomic mass is 10.1. The van der Waals surface area contributed by atoms with Crippen molar-refractivity contribution in [1.82, 2.24) is 0 Å². The molecule has 0 radical (unpaired) electrons. The molecule has 0 aliphatic carbocycles. The first-order valence-electron chi connectivity index (χ1n) is 17.5. The van der Waals surface area contributed by atoms with Gasteiger partial charge in [0.1, 0.15) is 6.61 Å². The van der Waals surface area contributed by atoms with Crippen molar-refractivity contribution >= 4 is 11.9 Å². The minimum atomic E-state index is -0.807. The highest BCUT2D eigenvalue weighted by molar-refractivity contribution is 5.70. The van der Waals surface area contributed by atoms with Crippen molar-refractivity contribution in [3.63, 3.8) is 0 Å². The molecule has 1 unspecified atom stereocenters. The van der Waals surface area contributed by atoms with Gasteiger partial charge in [0.15, 0.2) is 6.10 Å². The third-order valence-electron chi connectivity index (χ3n) is 6.99. The molecular weight excluding hydrogens is 548 g/mol. The highest BCUT2D eigenvalue weighted by Gasteiger charge is 2.15. The minimum Gasteiger partial charge on any atom is -0.462 e. The molecule has 0 heterocycles. The van der Waals surface area contributed by atoms with E-state index in [4.69, 9.17) is 9.47 Å². The van der Waals surface area contributed by atoms with Crippen molar-refractivity contribution in [2.24, 2.45) is 0 Å². The van der Waals surface area contributed by atoms with Crippen LogP contribution in [0.4, 0.5) is 0 Å². The Bertz CT molecular complexity index is 833. The SMILES string of the molecule is CCCCC=CCCCCCCCC(=O)OC(CO)COC(=O)CCC=CCC=CCC=CCC=CCC=CCCCCC. The molecule has 0 aliphatic heterocycles. The van der Waals surface area contributed by atoms with Gasteiger partial charge in [-0.1, -0.05) is 132 Å². The Morgan fingerprint density at radius 3 is 1.55 bits per heavy atom. The molecule has 1 N–H and O–H groups in total. The van der Waals surface area contributed by atoms with E-state index >= 15 is 0 Å². The fourth-order valence-corrected chi connectivity index (χ4v) is 4.28. The first-order valence-corrected chi connectivity index (χ1v) is 17.5. The summed E-state index contributed by atoms with van der Waals surface area (Å²) in [7, 11) is 0. The summed E-state index contributed by atoms with van der Waals surface area (Å²) in [4.78, 5) is 24.1. The van der Waals surface area contributed by atoms with E-state index in [-0.39, 0.29) is 31.6 Å². The van der Waals surface area contributed by atoms with Gasteiger partial charge in [-0.05, 0) is 70.6 Å².